The molecule has 0 saturated heterocycles. The first-order chi connectivity index (χ1) is 36.1. The molecule has 0 amide bonds. The fourth-order valence-electron chi connectivity index (χ4n) is 11.7. The zero-order valence-electron chi connectivity index (χ0n) is 55.2. The lowest BCUT2D eigenvalue weighted by Gasteiger charge is -2.38. The summed E-state index contributed by atoms with van der Waals surface area (Å²) in [6, 6.07) is 0. The molecule has 80 heavy (non-hydrogen) atoms. The molecule has 0 unspecified atom stereocenters. The number of hydrogen-bond donors (Lipinski definition) is 0. The smallest absolute Gasteiger partial charge is 0.0808 e. The van der Waals surface area contributed by atoms with E-state index in [1.165, 1.54) is 96.5 Å². The van der Waals surface area contributed by atoms with E-state index in [-0.39, 0.29) is 0 Å². The van der Waals surface area contributed by atoms with Gasteiger partial charge in [0.15, 0.2) is 0 Å². The van der Waals surface area contributed by atoms with Gasteiger partial charge in [-0.15, -0.1) is 12.8 Å². The quantitative estimate of drug-likeness (QED) is 0.151. The molecule has 5 rings (SSSR count). The van der Waals surface area contributed by atoms with Crippen molar-refractivity contribution in [3.63, 3.8) is 0 Å². The van der Waals surface area contributed by atoms with Crippen LogP contribution in [-0.4, -0.2) is 80.7 Å². The van der Waals surface area contributed by atoms with Crippen LogP contribution in [0.2, 0.25) is 196 Å². The highest BCUT2D eigenvalue weighted by Gasteiger charge is 2.46. The normalized spacial score (nSPS) is 17.1. The predicted molar refractivity (Wildman–Crippen MR) is 384 cm³/mol. The van der Waals surface area contributed by atoms with Crippen molar-refractivity contribution >= 4 is 80.7 Å². The van der Waals surface area contributed by atoms with Gasteiger partial charge in [-0.1, -0.05) is 256 Å². The Morgan fingerprint density at radius 3 is 0.338 bits per heavy atom. The summed E-state index contributed by atoms with van der Waals surface area (Å²) in [5.74, 6) is 62.1. The van der Waals surface area contributed by atoms with Crippen molar-refractivity contribution in [2.45, 2.75) is 196 Å². The molecule has 0 aromatic heterocycles. The zero-order valence-corrected chi connectivity index (χ0v) is 65.2. The van der Waals surface area contributed by atoms with E-state index in [1.54, 1.807) is 0 Å². The number of rotatable bonds is 10. The molecule has 5 aliphatic carbocycles. The van der Waals surface area contributed by atoms with Gasteiger partial charge in [0.25, 0.3) is 0 Å². The van der Waals surface area contributed by atoms with Crippen molar-refractivity contribution in [1.29, 1.82) is 0 Å². The van der Waals surface area contributed by atoms with Crippen LogP contribution in [0, 0.1) is 119 Å². The van der Waals surface area contributed by atoms with Crippen LogP contribution in [0.5, 0.6) is 0 Å². The molecule has 0 heterocycles. The van der Waals surface area contributed by atoms with Crippen molar-refractivity contribution in [3.05, 3.63) is 108 Å². The van der Waals surface area contributed by atoms with Gasteiger partial charge >= 0.3 is 0 Å². The van der Waals surface area contributed by atoms with Gasteiger partial charge in [-0.25, -0.2) is 0 Å². The first kappa shape index (κ1) is 66.0. The molecule has 0 aromatic rings. The first-order valence-electron chi connectivity index (χ1n) is 28.6. The van der Waals surface area contributed by atoms with Crippen molar-refractivity contribution in [1.82, 2.24) is 0 Å². The SMILES string of the molecule is C#CC1=C([Si](C)(C)C)C(C#CC#CC2=C([Si](C)(C)C)C(C#CC#CC3=C([Si](C)(C)C)C(C#CC#CC4=C([Si](C)(C)C)C(C#CC#CC5=C([Si](C)(C)C)C(C#C)=C5[Si](C)(C)C)=C4[Si](C)(C)C)=C3[Si](C)(C)C)=C2[Si](C)(C)C)=C1[Si](C)(C)C. The van der Waals surface area contributed by atoms with Crippen LogP contribution in [0.3, 0.4) is 0 Å². The second kappa shape index (κ2) is 22.4. The number of hydrogen-bond acceptors (Lipinski definition) is 0. The third-order valence-electron chi connectivity index (χ3n) is 14.5. The van der Waals surface area contributed by atoms with Gasteiger partial charge in [-0.05, 0) is 99.3 Å². The predicted octanol–water partition coefficient (Wildman–Crippen LogP) is 17.1. The minimum Gasteiger partial charge on any atom is -0.115 e. The fraction of sp³-hybridized carbons (Fsp3) is 0.429. The average Bonchev–Trinajstić information content (AvgIpc) is 3.15. The van der Waals surface area contributed by atoms with E-state index in [2.05, 4.69) is 303 Å². The molecule has 10 heteroatoms. The van der Waals surface area contributed by atoms with Gasteiger partial charge in [0, 0.05) is 55.7 Å². The van der Waals surface area contributed by atoms with E-state index < -0.39 is 80.7 Å². The van der Waals surface area contributed by atoms with Crippen LogP contribution in [0.1, 0.15) is 0 Å². The van der Waals surface area contributed by atoms with Gasteiger partial charge in [0.2, 0.25) is 0 Å². The largest absolute Gasteiger partial charge is 0.115 e. The van der Waals surface area contributed by atoms with Crippen molar-refractivity contribution in [3.8, 4) is 119 Å². The Hall–Kier alpha value is -4.83. The maximum Gasteiger partial charge on any atom is 0.0808 e. The average molecular weight is 1210 g/mol. The van der Waals surface area contributed by atoms with Crippen LogP contribution in [0.25, 0.3) is 0 Å². The van der Waals surface area contributed by atoms with Crippen LogP contribution in [0.15, 0.2) is 108 Å². The van der Waals surface area contributed by atoms with E-state index in [9.17, 15) is 0 Å². The van der Waals surface area contributed by atoms with Gasteiger partial charge in [0.1, 0.15) is 0 Å². The summed E-state index contributed by atoms with van der Waals surface area (Å²) >= 11 is 0. The van der Waals surface area contributed by atoms with Gasteiger partial charge in [0.05, 0.1) is 80.7 Å². The van der Waals surface area contributed by atoms with Crippen molar-refractivity contribution < 1.29 is 0 Å². The monoisotopic (exact) mass is 1210 g/mol. The molecule has 0 nitrogen and oxygen atoms in total. The highest BCUT2D eigenvalue weighted by Crippen LogP contribution is 2.49. The molecule has 0 fully saturated rings. The Morgan fingerprint density at radius 1 is 0.163 bits per heavy atom. The molecule has 5 aliphatic rings. The van der Waals surface area contributed by atoms with E-state index in [1.807, 2.05) is 0 Å². The Kier molecular flexibility index (Phi) is 18.5. The van der Waals surface area contributed by atoms with Gasteiger partial charge in [-0.2, -0.15) is 0 Å². The lowest BCUT2D eigenvalue weighted by Crippen LogP contribution is -2.39. The molecule has 412 valence electrons. The van der Waals surface area contributed by atoms with Crippen LogP contribution >= 0.6 is 0 Å². The fourth-order valence-corrected chi connectivity index (χ4v) is 31.8. The van der Waals surface area contributed by atoms with Gasteiger partial charge in [-0.3, -0.25) is 0 Å². The minimum atomic E-state index is -1.89. The summed E-state index contributed by atoms with van der Waals surface area (Å²) in [5, 5.41) is 13.5. The zero-order chi connectivity index (χ0) is 61.3. The highest BCUT2D eigenvalue weighted by atomic mass is 28.3. The summed E-state index contributed by atoms with van der Waals surface area (Å²) in [6.45, 7) is 71.7. The molecule has 0 radical (unpaired) electrons. The summed E-state index contributed by atoms with van der Waals surface area (Å²) in [7, 11) is -18.0. The van der Waals surface area contributed by atoms with Crippen LogP contribution in [-0.2, 0) is 0 Å². The standard InChI is InChI=1S/C70H92Si10/c1-33-51-61(71(3,4)5)53(62(51)72(6,7)8)43-35-37-45-55-65(75(15,16)17)57(66(55)76(18,19)20)47-39-41-49-59-69(79(27,28)29)60(70(59)80(30,31)32)50-42-40-48-58-67(77(21,22)23)56(68(58)78(24,25)26)46-38-36-44-54-63(73(9,10)11)52(34-2)64(54)74(12,13)14/h1-2H,3-32H3. The molecule has 0 N–H and O–H groups in total. The molecule has 0 aliphatic heterocycles. The maximum atomic E-state index is 6.12. The lowest BCUT2D eigenvalue weighted by molar-refractivity contribution is 1.36. The Morgan fingerprint density at radius 2 is 0.250 bits per heavy atom. The Balaban J connectivity index is 1.54. The van der Waals surface area contributed by atoms with Gasteiger partial charge < -0.3 is 0 Å². The van der Waals surface area contributed by atoms with Crippen LogP contribution < -0.4 is 0 Å². The third kappa shape index (κ3) is 13.6. The van der Waals surface area contributed by atoms with Crippen molar-refractivity contribution in [2.75, 3.05) is 0 Å². The topological polar surface area (TPSA) is 0 Å². The Labute approximate surface area is 500 Å². The van der Waals surface area contributed by atoms with Crippen LogP contribution in [0.4, 0.5) is 0 Å². The Bertz CT molecular complexity index is 3530. The first-order valence-corrected chi connectivity index (χ1v) is 63.6. The number of allylic oxidation sites excluding steroid dienone is 20. The van der Waals surface area contributed by atoms with E-state index in [0.717, 1.165) is 11.1 Å². The second-order valence-corrected chi connectivity index (χ2v) is 82.3. The molecule has 0 atom stereocenters. The minimum absolute atomic E-state index is 1.13. The molecule has 0 spiro atoms. The number of terminal acetylenes is 2. The molecule has 0 saturated carbocycles. The van der Waals surface area contributed by atoms with E-state index in [4.69, 9.17) is 12.8 Å². The molecular formula is C70H92Si10. The second-order valence-electron chi connectivity index (χ2n) is 32.3. The molecule has 0 bridgehead atoms. The lowest BCUT2D eigenvalue weighted by atomic mass is 9.97. The maximum absolute atomic E-state index is 6.12. The molecule has 0 aromatic carbocycles. The van der Waals surface area contributed by atoms with E-state index >= 15 is 0 Å². The summed E-state index contributed by atoms with van der Waals surface area (Å²) in [5.41, 5.74) is 11.7. The summed E-state index contributed by atoms with van der Waals surface area (Å²) < 4.78 is 0. The molecular weight excluding hydrogens is 1120 g/mol. The van der Waals surface area contributed by atoms with E-state index in [0.29, 0.717) is 0 Å². The van der Waals surface area contributed by atoms with Crippen molar-refractivity contribution in [2.24, 2.45) is 0 Å². The third-order valence-corrected chi connectivity index (χ3v) is 34.5. The highest BCUT2D eigenvalue weighted by molar-refractivity contribution is 6.93. The summed E-state index contributed by atoms with van der Waals surface area (Å²) in [4.78, 5) is 0. The summed E-state index contributed by atoms with van der Waals surface area (Å²) in [6.07, 6.45) is 12.2.